The maximum Gasteiger partial charge on any atom is 0.201 e. The Hall–Kier alpha value is -3.76. The monoisotopic (exact) mass is 510 g/mol. The van der Waals surface area contributed by atoms with Gasteiger partial charge in [0.25, 0.3) is 0 Å². The molecule has 2 nitrogen and oxygen atoms in total. The quantitative estimate of drug-likeness (QED) is 0.220. The molecule has 1 aliphatic rings. The van der Waals surface area contributed by atoms with Crippen LogP contribution in [0.2, 0.25) is 0 Å². The van der Waals surface area contributed by atoms with Crippen LogP contribution < -0.4 is 4.74 Å². The van der Waals surface area contributed by atoms with E-state index in [2.05, 4.69) is 55.1 Å². The highest BCUT2D eigenvalue weighted by Crippen LogP contribution is 2.33. The van der Waals surface area contributed by atoms with Gasteiger partial charge in [0.2, 0.25) is 5.82 Å². The van der Waals surface area contributed by atoms with E-state index in [-0.39, 0.29) is 17.4 Å². The van der Waals surface area contributed by atoms with E-state index in [4.69, 9.17) is 9.47 Å². The molecule has 194 valence electrons. The summed E-state index contributed by atoms with van der Waals surface area (Å²) < 4.78 is 40.3. The Balaban J connectivity index is 1.27. The van der Waals surface area contributed by atoms with Crippen LogP contribution in [0.25, 0.3) is 33.4 Å². The van der Waals surface area contributed by atoms with Crippen molar-refractivity contribution in [1.29, 1.82) is 0 Å². The van der Waals surface area contributed by atoms with Crippen LogP contribution in [0.4, 0.5) is 8.78 Å². The Morgan fingerprint density at radius 2 is 1.32 bits per heavy atom. The van der Waals surface area contributed by atoms with Crippen LogP contribution in [0.3, 0.4) is 0 Å². The van der Waals surface area contributed by atoms with Crippen molar-refractivity contribution < 1.29 is 18.3 Å². The van der Waals surface area contributed by atoms with Crippen LogP contribution in [-0.2, 0) is 4.74 Å². The number of hydrogen-bond donors (Lipinski definition) is 0. The van der Waals surface area contributed by atoms with Crippen LogP contribution in [0.15, 0.2) is 97.6 Å². The second-order valence-corrected chi connectivity index (χ2v) is 9.75. The third kappa shape index (κ3) is 5.56. The molecular weight excluding hydrogens is 478 g/mol. The number of ether oxygens (including phenoxy) is 2. The van der Waals surface area contributed by atoms with Gasteiger partial charge < -0.3 is 9.47 Å². The van der Waals surface area contributed by atoms with Crippen molar-refractivity contribution >= 4 is 0 Å². The SMILES string of the molecule is C=CC1CCC(c2ccc(-c3ccc(-c4ccc(-c5ccc(OCCC)c(F)c5F)cc4)cc3)cc2)CO1. The zero-order valence-corrected chi connectivity index (χ0v) is 21.6. The van der Waals surface area contributed by atoms with Crippen LogP contribution in [0, 0.1) is 11.6 Å². The molecule has 4 aromatic rings. The van der Waals surface area contributed by atoms with Gasteiger partial charge in [0, 0.05) is 11.5 Å². The van der Waals surface area contributed by atoms with Gasteiger partial charge in [-0.25, -0.2) is 4.39 Å². The summed E-state index contributed by atoms with van der Waals surface area (Å²) in [6.07, 6.45) is 4.93. The lowest BCUT2D eigenvalue weighted by Crippen LogP contribution is -2.22. The first-order chi connectivity index (χ1) is 18.6. The number of rotatable bonds is 8. The van der Waals surface area contributed by atoms with Gasteiger partial charge in [-0.2, -0.15) is 4.39 Å². The Morgan fingerprint density at radius 1 is 0.763 bits per heavy atom. The minimum Gasteiger partial charge on any atom is -0.490 e. The molecular formula is C34H32F2O2. The fourth-order valence-electron chi connectivity index (χ4n) is 4.94. The van der Waals surface area contributed by atoms with Crippen molar-refractivity contribution in [3.05, 3.63) is 115 Å². The highest BCUT2D eigenvalue weighted by atomic mass is 19.2. The molecule has 38 heavy (non-hydrogen) atoms. The summed E-state index contributed by atoms with van der Waals surface area (Å²) in [7, 11) is 0. The molecule has 0 aromatic heterocycles. The number of hydrogen-bond acceptors (Lipinski definition) is 2. The first-order valence-electron chi connectivity index (χ1n) is 13.2. The smallest absolute Gasteiger partial charge is 0.201 e. The molecule has 0 bridgehead atoms. The van der Waals surface area contributed by atoms with Crippen molar-refractivity contribution in [2.45, 2.75) is 38.2 Å². The van der Waals surface area contributed by atoms with Crippen molar-refractivity contribution in [3.8, 4) is 39.1 Å². The highest BCUT2D eigenvalue weighted by Gasteiger charge is 2.21. The second-order valence-electron chi connectivity index (χ2n) is 9.75. The lowest BCUT2D eigenvalue weighted by atomic mass is 9.90. The van der Waals surface area contributed by atoms with E-state index in [9.17, 15) is 8.78 Å². The molecule has 2 atom stereocenters. The third-order valence-electron chi connectivity index (χ3n) is 7.21. The molecule has 1 fully saturated rings. The zero-order valence-electron chi connectivity index (χ0n) is 21.6. The van der Waals surface area contributed by atoms with Gasteiger partial charge in [0.05, 0.1) is 19.3 Å². The topological polar surface area (TPSA) is 18.5 Å². The summed E-state index contributed by atoms with van der Waals surface area (Å²) in [5.74, 6) is -1.46. The average Bonchev–Trinajstić information content (AvgIpc) is 2.98. The van der Waals surface area contributed by atoms with Gasteiger partial charge in [-0.15, -0.1) is 6.58 Å². The van der Waals surface area contributed by atoms with E-state index < -0.39 is 11.6 Å². The summed E-state index contributed by atoms with van der Waals surface area (Å²) in [6, 6.07) is 27.7. The summed E-state index contributed by atoms with van der Waals surface area (Å²) in [5, 5.41) is 0. The van der Waals surface area contributed by atoms with E-state index in [0.29, 0.717) is 18.1 Å². The fourth-order valence-corrected chi connectivity index (χ4v) is 4.94. The molecule has 4 aromatic carbocycles. The highest BCUT2D eigenvalue weighted by molar-refractivity contribution is 5.73. The van der Waals surface area contributed by atoms with Crippen LogP contribution in [0.5, 0.6) is 5.75 Å². The number of benzene rings is 4. The standard InChI is InChI=1S/C34H32F2O2/c1-3-21-37-32-20-19-31(33(35)34(32)36)28-15-13-26(14-16-28)24-7-5-23(6-8-24)25-9-11-27(12-10-25)29-17-18-30(4-2)38-22-29/h4-16,19-20,29-30H,2-3,17-18,21-22H2,1H3. The first-order valence-corrected chi connectivity index (χ1v) is 13.2. The van der Waals surface area contributed by atoms with Gasteiger partial charge in [0.15, 0.2) is 11.6 Å². The van der Waals surface area contributed by atoms with Crippen LogP contribution >= 0.6 is 0 Å². The Bertz CT molecular complexity index is 1370. The molecule has 1 aliphatic heterocycles. The van der Waals surface area contributed by atoms with E-state index in [1.807, 2.05) is 37.3 Å². The van der Waals surface area contributed by atoms with Gasteiger partial charge in [-0.05, 0) is 64.8 Å². The normalized spacial score (nSPS) is 17.2. The Labute approximate surface area is 223 Å². The zero-order chi connectivity index (χ0) is 26.5. The van der Waals surface area contributed by atoms with E-state index in [1.54, 1.807) is 6.07 Å². The number of halogens is 2. The molecule has 5 rings (SSSR count). The third-order valence-corrected chi connectivity index (χ3v) is 7.21. The summed E-state index contributed by atoms with van der Waals surface area (Å²) in [4.78, 5) is 0. The lowest BCUT2D eigenvalue weighted by Gasteiger charge is -2.27. The predicted molar refractivity (Wildman–Crippen MR) is 150 cm³/mol. The molecule has 0 saturated carbocycles. The first kappa shape index (κ1) is 25.9. The predicted octanol–water partition coefficient (Wildman–Crippen LogP) is 9.20. The minimum atomic E-state index is -0.947. The summed E-state index contributed by atoms with van der Waals surface area (Å²) >= 11 is 0. The molecule has 0 N–H and O–H groups in total. The largest absolute Gasteiger partial charge is 0.490 e. The summed E-state index contributed by atoms with van der Waals surface area (Å²) in [5.41, 5.74) is 6.53. The van der Waals surface area contributed by atoms with Gasteiger partial charge in [-0.3, -0.25) is 0 Å². The molecule has 0 spiro atoms. The molecule has 1 heterocycles. The average molecular weight is 511 g/mol. The van der Waals surface area contributed by atoms with Crippen LogP contribution in [0.1, 0.15) is 37.7 Å². The maximum absolute atomic E-state index is 14.7. The molecule has 1 saturated heterocycles. The molecule has 0 aliphatic carbocycles. The van der Waals surface area contributed by atoms with E-state index in [0.717, 1.165) is 42.6 Å². The fraction of sp³-hybridized carbons (Fsp3) is 0.235. The van der Waals surface area contributed by atoms with Gasteiger partial charge >= 0.3 is 0 Å². The van der Waals surface area contributed by atoms with Crippen molar-refractivity contribution in [1.82, 2.24) is 0 Å². The Kier molecular flexibility index (Phi) is 8.00. The lowest BCUT2D eigenvalue weighted by molar-refractivity contribution is 0.0329. The van der Waals surface area contributed by atoms with Gasteiger partial charge in [0.1, 0.15) is 0 Å². The molecule has 2 unspecified atom stereocenters. The van der Waals surface area contributed by atoms with E-state index in [1.165, 1.54) is 17.2 Å². The second kappa shape index (κ2) is 11.7. The molecule has 0 radical (unpaired) electrons. The van der Waals surface area contributed by atoms with Gasteiger partial charge in [-0.1, -0.05) is 85.8 Å². The van der Waals surface area contributed by atoms with Crippen molar-refractivity contribution in [2.24, 2.45) is 0 Å². The minimum absolute atomic E-state index is 0.0517. The van der Waals surface area contributed by atoms with Crippen molar-refractivity contribution in [2.75, 3.05) is 13.2 Å². The summed E-state index contributed by atoms with van der Waals surface area (Å²) in [6.45, 7) is 6.84. The van der Waals surface area contributed by atoms with E-state index >= 15 is 0 Å². The Morgan fingerprint density at radius 3 is 1.82 bits per heavy atom. The van der Waals surface area contributed by atoms with Crippen molar-refractivity contribution in [3.63, 3.8) is 0 Å². The molecule has 4 heteroatoms. The molecule has 0 amide bonds. The van der Waals surface area contributed by atoms with Crippen LogP contribution in [-0.4, -0.2) is 19.3 Å². The maximum atomic E-state index is 14.7.